The molecule has 0 amide bonds. The van der Waals surface area contributed by atoms with Crippen molar-refractivity contribution in [2.75, 3.05) is 23.1 Å². The second kappa shape index (κ2) is 5.07. The first-order valence-corrected chi connectivity index (χ1v) is 5.61. The fourth-order valence-corrected chi connectivity index (χ4v) is 1.64. The van der Waals surface area contributed by atoms with Gasteiger partial charge in [-0.2, -0.15) is 4.98 Å². The van der Waals surface area contributed by atoms with Crippen molar-refractivity contribution in [3.63, 3.8) is 0 Å². The van der Waals surface area contributed by atoms with Gasteiger partial charge in [0.2, 0.25) is 5.95 Å². The summed E-state index contributed by atoms with van der Waals surface area (Å²) in [6.45, 7) is 1.95. The van der Waals surface area contributed by atoms with E-state index in [0.29, 0.717) is 0 Å². The predicted molar refractivity (Wildman–Crippen MR) is 73.5 cm³/mol. The number of anilines is 4. The zero-order chi connectivity index (χ0) is 14.0. The van der Waals surface area contributed by atoms with Crippen molar-refractivity contribution in [2.24, 2.45) is 5.84 Å². The number of nitrogens with two attached hydrogens (primary N) is 2. The van der Waals surface area contributed by atoms with Gasteiger partial charge in [0.1, 0.15) is 0 Å². The topological polar surface area (TPSA) is 93.1 Å². The molecule has 0 spiro atoms. The predicted octanol–water partition coefficient (Wildman–Crippen LogP) is 1.56. The highest BCUT2D eigenvalue weighted by atomic mass is 19.1. The van der Waals surface area contributed by atoms with Gasteiger partial charge in [-0.3, -0.25) is 0 Å². The van der Waals surface area contributed by atoms with Gasteiger partial charge >= 0.3 is 0 Å². The van der Waals surface area contributed by atoms with E-state index in [1.54, 1.807) is 7.05 Å². The highest BCUT2D eigenvalue weighted by Crippen LogP contribution is 2.23. The number of hydrazine groups is 1. The SMILES string of the molecule is Cc1ccc(Nc2ncc(F)c(N)n2)cc1N(C)N. The monoisotopic (exact) mass is 262 g/mol. The van der Waals surface area contributed by atoms with Crippen LogP contribution >= 0.6 is 0 Å². The molecule has 100 valence electrons. The highest BCUT2D eigenvalue weighted by Gasteiger charge is 2.06. The van der Waals surface area contributed by atoms with Crippen LogP contribution in [0.2, 0.25) is 0 Å². The lowest BCUT2D eigenvalue weighted by Crippen LogP contribution is -2.25. The van der Waals surface area contributed by atoms with Gasteiger partial charge in [0.15, 0.2) is 11.6 Å². The molecular weight excluding hydrogens is 247 g/mol. The Hall–Kier alpha value is -2.41. The number of aromatic nitrogens is 2. The van der Waals surface area contributed by atoms with Crippen molar-refractivity contribution in [2.45, 2.75) is 6.92 Å². The molecule has 1 aromatic carbocycles. The molecule has 1 aromatic heterocycles. The van der Waals surface area contributed by atoms with Crippen LogP contribution < -0.4 is 21.9 Å². The quantitative estimate of drug-likeness (QED) is 0.574. The Labute approximate surface area is 110 Å². The van der Waals surface area contributed by atoms with E-state index in [1.807, 2.05) is 25.1 Å². The lowest BCUT2D eigenvalue weighted by Gasteiger charge is -2.16. The minimum atomic E-state index is -0.642. The minimum Gasteiger partial charge on any atom is -0.381 e. The molecule has 0 unspecified atom stereocenters. The molecule has 0 saturated heterocycles. The van der Waals surface area contributed by atoms with Gasteiger partial charge in [0, 0.05) is 12.7 Å². The molecule has 6 nitrogen and oxygen atoms in total. The Morgan fingerprint density at radius 2 is 2.11 bits per heavy atom. The number of nitrogens with one attached hydrogen (secondary N) is 1. The van der Waals surface area contributed by atoms with Crippen LogP contribution in [0.5, 0.6) is 0 Å². The number of benzene rings is 1. The Bertz CT molecular complexity index is 599. The first kappa shape index (κ1) is 13.0. The molecule has 5 N–H and O–H groups in total. The summed E-state index contributed by atoms with van der Waals surface area (Å²) in [6.07, 6.45) is 1.02. The number of halogens is 1. The van der Waals surface area contributed by atoms with Gasteiger partial charge in [-0.25, -0.2) is 15.2 Å². The van der Waals surface area contributed by atoms with Crippen LogP contribution in [0.3, 0.4) is 0 Å². The molecule has 2 aromatic rings. The van der Waals surface area contributed by atoms with Crippen LogP contribution in [0.4, 0.5) is 27.5 Å². The van der Waals surface area contributed by atoms with Crippen LogP contribution in [0.25, 0.3) is 0 Å². The normalized spacial score (nSPS) is 10.3. The number of hydrogen-bond donors (Lipinski definition) is 3. The number of rotatable bonds is 3. The van der Waals surface area contributed by atoms with Crippen molar-refractivity contribution < 1.29 is 4.39 Å². The van der Waals surface area contributed by atoms with Crippen molar-refractivity contribution in [1.82, 2.24) is 9.97 Å². The van der Waals surface area contributed by atoms with Gasteiger partial charge in [-0.15, -0.1) is 0 Å². The lowest BCUT2D eigenvalue weighted by molar-refractivity contribution is 0.620. The minimum absolute atomic E-state index is 0.194. The number of hydrogen-bond acceptors (Lipinski definition) is 6. The molecule has 0 bridgehead atoms. The molecular formula is C12H15FN6. The fourth-order valence-electron chi connectivity index (χ4n) is 1.64. The molecule has 2 rings (SSSR count). The van der Waals surface area contributed by atoms with Crippen LogP contribution in [0.1, 0.15) is 5.56 Å². The molecule has 19 heavy (non-hydrogen) atoms. The molecule has 0 aliphatic heterocycles. The average Bonchev–Trinajstić information content (AvgIpc) is 2.36. The summed E-state index contributed by atoms with van der Waals surface area (Å²) in [5.41, 5.74) is 8.02. The van der Waals surface area contributed by atoms with Gasteiger partial charge < -0.3 is 16.1 Å². The maximum absolute atomic E-state index is 13.0. The third-order valence-electron chi connectivity index (χ3n) is 2.62. The first-order valence-electron chi connectivity index (χ1n) is 5.61. The standard InChI is InChI=1S/C12H15FN6/c1-7-3-4-8(5-10(7)19(2)15)17-12-16-6-9(13)11(14)18-12/h3-6H,15H2,1-2H3,(H3,14,16,17,18). The first-order chi connectivity index (χ1) is 8.97. The van der Waals surface area contributed by atoms with Gasteiger partial charge in [0.05, 0.1) is 11.9 Å². The van der Waals surface area contributed by atoms with Crippen molar-refractivity contribution >= 4 is 23.1 Å². The van der Waals surface area contributed by atoms with Crippen LogP contribution in [0, 0.1) is 12.7 Å². The van der Waals surface area contributed by atoms with E-state index in [1.165, 1.54) is 5.01 Å². The number of nitrogen functional groups attached to an aromatic ring is 1. The van der Waals surface area contributed by atoms with Crippen LogP contribution in [-0.4, -0.2) is 17.0 Å². The van der Waals surface area contributed by atoms with Crippen LogP contribution in [-0.2, 0) is 0 Å². The summed E-state index contributed by atoms with van der Waals surface area (Å²) in [7, 11) is 1.75. The third-order valence-corrected chi connectivity index (χ3v) is 2.62. The average molecular weight is 262 g/mol. The van der Waals surface area contributed by atoms with E-state index in [4.69, 9.17) is 11.6 Å². The van der Waals surface area contributed by atoms with Crippen LogP contribution in [0.15, 0.2) is 24.4 Å². The van der Waals surface area contributed by atoms with E-state index >= 15 is 0 Å². The summed E-state index contributed by atoms with van der Waals surface area (Å²) < 4.78 is 13.0. The summed E-state index contributed by atoms with van der Waals surface area (Å²) in [4.78, 5) is 7.61. The Kier molecular flexibility index (Phi) is 3.48. The van der Waals surface area contributed by atoms with E-state index in [-0.39, 0.29) is 11.8 Å². The summed E-state index contributed by atoms with van der Waals surface area (Å²) in [6, 6.07) is 5.61. The van der Waals surface area contributed by atoms with Crippen molar-refractivity contribution in [1.29, 1.82) is 0 Å². The molecule has 0 atom stereocenters. The Morgan fingerprint density at radius 1 is 1.37 bits per heavy atom. The summed E-state index contributed by atoms with van der Waals surface area (Å²) in [5, 5.41) is 4.46. The van der Waals surface area contributed by atoms with Crippen molar-refractivity contribution in [3.8, 4) is 0 Å². The van der Waals surface area contributed by atoms with Gasteiger partial charge in [-0.05, 0) is 24.6 Å². The van der Waals surface area contributed by atoms with E-state index < -0.39 is 5.82 Å². The second-order valence-corrected chi connectivity index (χ2v) is 4.16. The molecule has 7 heteroatoms. The second-order valence-electron chi connectivity index (χ2n) is 4.16. The zero-order valence-electron chi connectivity index (χ0n) is 10.7. The van der Waals surface area contributed by atoms with E-state index in [0.717, 1.165) is 23.1 Å². The zero-order valence-corrected chi connectivity index (χ0v) is 10.7. The molecule has 0 aliphatic rings. The van der Waals surface area contributed by atoms with Crippen molar-refractivity contribution in [3.05, 3.63) is 35.8 Å². The maximum Gasteiger partial charge on any atom is 0.229 e. The largest absolute Gasteiger partial charge is 0.381 e. The van der Waals surface area contributed by atoms with Gasteiger partial charge in [-0.1, -0.05) is 6.07 Å². The summed E-state index contributed by atoms with van der Waals surface area (Å²) in [5.74, 6) is 5.12. The molecule has 0 saturated carbocycles. The smallest absolute Gasteiger partial charge is 0.229 e. The maximum atomic E-state index is 13.0. The lowest BCUT2D eigenvalue weighted by atomic mass is 10.2. The molecule has 1 heterocycles. The molecule has 0 aliphatic carbocycles. The van der Waals surface area contributed by atoms with E-state index in [9.17, 15) is 4.39 Å². The van der Waals surface area contributed by atoms with E-state index in [2.05, 4.69) is 15.3 Å². The molecule has 0 radical (unpaired) electrons. The number of nitrogens with zero attached hydrogens (tertiary/aromatic N) is 3. The number of aryl methyl sites for hydroxylation is 1. The highest BCUT2D eigenvalue weighted by molar-refractivity contribution is 5.64. The molecule has 0 fully saturated rings. The summed E-state index contributed by atoms with van der Waals surface area (Å²) >= 11 is 0. The third kappa shape index (κ3) is 2.89. The Balaban J connectivity index is 2.28. The Morgan fingerprint density at radius 3 is 2.74 bits per heavy atom. The van der Waals surface area contributed by atoms with Gasteiger partial charge in [0.25, 0.3) is 0 Å². The fraction of sp³-hybridized carbons (Fsp3) is 0.167.